The van der Waals surface area contributed by atoms with Crippen LogP contribution in [0, 0.1) is 10.1 Å². The Labute approximate surface area is 180 Å². The van der Waals surface area contributed by atoms with E-state index in [0.717, 1.165) is 51.9 Å². The number of aromatic nitrogens is 2. The molecule has 0 aliphatic heterocycles. The molecule has 0 radical (unpaired) electrons. The van der Waals surface area contributed by atoms with Crippen LogP contribution in [0.3, 0.4) is 0 Å². The second-order valence-electron chi connectivity index (χ2n) is 6.86. The van der Waals surface area contributed by atoms with Crippen LogP contribution in [0.2, 0.25) is 0 Å². The van der Waals surface area contributed by atoms with Gasteiger partial charge in [-0.1, -0.05) is 37.6 Å². The number of nitro benzene ring substituents is 1. The molecule has 0 unspecified atom stereocenters. The monoisotopic (exact) mass is 423 g/mol. The van der Waals surface area contributed by atoms with E-state index < -0.39 is 0 Å². The summed E-state index contributed by atoms with van der Waals surface area (Å²) in [6.07, 6.45) is 5.56. The number of fused-ring (bicyclic) bond motifs is 1. The van der Waals surface area contributed by atoms with Crippen LogP contribution in [0.5, 0.6) is 5.75 Å². The van der Waals surface area contributed by atoms with Crippen LogP contribution in [0.15, 0.2) is 67.0 Å². The van der Waals surface area contributed by atoms with Gasteiger partial charge < -0.3 is 9.72 Å². The molecule has 0 saturated carbocycles. The highest BCUT2D eigenvalue weighted by Crippen LogP contribution is 2.35. The van der Waals surface area contributed by atoms with Gasteiger partial charge in [0, 0.05) is 24.5 Å². The lowest BCUT2D eigenvalue weighted by molar-refractivity contribution is -0.384. The van der Waals surface area contributed by atoms with Crippen LogP contribution < -0.4 is 4.74 Å². The largest absolute Gasteiger partial charge is 0.493 e. The van der Waals surface area contributed by atoms with Crippen molar-refractivity contribution in [3.8, 4) is 28.3 Å². The number of nitrogens with one attached hydrogen (secondary N) is 1. The van der Waals surface area contributed by atoms with Crippen LogP contribution in [-0.4, -0.2) is 21.5 Å². The van der Waals surface area contributed by atoms with E-state index in [0.29, 0.717) is 6.61 Å². The molecule has 4 aromatic rings. The summed E-state index contributed by atoms with van der Waals surface area (Å²) < 4.78 is 6.03. The molecule has 6 nitrogen and oxygen atoms in total. The van der Waals surface area contributed by atoms with Crippen LogP contribution in [0.4, 0.5) is 5.69 Å². The lowest BCUT2D eigenvalue weighted by Crippen LogP contribution is -1.99. The molecule has 1 aromatic heterocycles. The number of nitrogens with zero attached hydrogens (tertiary/aromatic N) is 2. The Kier molecular flexibility index (Phi) is 6.69. The Bertz CT molecular complexity index is 1160. The maximum atomic E-state index is 11.1. The summed E-state index contributed by atoms with van der Waals surface area (Å²) in [4.78, 5) is 18.3. The number of imidazole rings is 1. The first-order valence-electron chi connectivity index (χ1n) is 9.61. The number of halogens is 1. The predicted molar refractivity (Wildman–Crippen MR) is 121 cm³/mol. The third kappa shape index (κ3) is 4.44. The molecular formula is C23H22ClN3O3. The minimum atomic E-state index is -0.376. The molecule has 7 heteroatoms. The molecular weight excluding hydrogens is 402 g/mol. The predicted octanol–water partition coefficient (Wildman–Crippen LogP) is 6.41. The zero-order chi connectivity index (χ0) is 20.2. The van der Waals surface area contributed by atoms with Crippen molar-refractivity contribution in [2.75, 3.05) is 6.61 Å². The van der Waals surface area contributed by atoms with Gasteiger partial charge in [0.15, 0.2) is 0 Å². The van der Waals surface area contributed by atoms with Crippen LogP contribution in [0.1, 0.15) is 19.8 Å². The average Bonchev–Trinajstić information content (AvgIpc) is 3.28. The minimum Gasteiger partial charge on any atom is -0.493 e. The Balaban J connectivity index is 0.00000256. The molecule has 0 bridgehead atoms. The van der Waals surface area contributed by atoms with Gasteiger partial charge in [0.05, 0.1) is 17.1 Å². The summed E-state index contributed by atoms with van der Waals surface area (Å²) >= 11 is 0. The number of non-ortho nitro benzene ring substituents is 1. The van der Waals surface area contributed by atoms with E-state index in [1.807, 2.05) is 30.3 Å². The van der Waals surface area contributed by atoms with Gasteiger partial charge in [-0.05, 0) is 46.5 Å². The summed E-state index contributed by atoms with van der Waals surface area (Å²) in [5, 5.41) is 13.2. The molecule has 0 spiro atoms. The zero-order valence-corrected chi connectivity index (χ0v) is 17.3. The van der Waals surface area contributed by atoms with Crippen molar-refractivity contribution in [3.05, 3.63) is 77.1 Å². The van der Waals surface area contributed by atoms with E-state index in [4.69, 9.17) is 4.74 Å². The van der Waals surface area contributed by atoms with Crippen molar-refractivity contribution >= 4 is 28.9 Å². The summed E-state index contributed by atoms with van der Waals surface area (Å²) in [7, 11) is 0. The number of hydrogen-bond donors (Lipinski definition) is 1. The standard InChI is InChI=1S/C23H21N3O3.ClH/c1-2-3-11-29-22-15-18-8-7-17(16-5-4-6-20(13-16)26(27)28)12-19(18)14-21(22)23-24-9-10-25-23;/h4-10,12-15H,2-3,11H2,1H3,(H,24,25);1H. The van der Waals surface area contributed by atoms with E-state index in [2.05, 4.69) is 23.0 Å². The van der Waals surface area contributed by atoms with E-state index in [-0.39, 0.29) is 23.0 Å². The number of rotatable bonds is 7. The second-order valence-corrected chi connectivity index (χ2v) is 6.86. The van der Waals surface area contributed by atoms with Crippen molar-refractivity contribution in [3.63, 3.8) is 0 Å². The quantitative estimate of drug-likeness (QED) is 0.211. The molecule has 0 amide bonds. The lowest BCUT2D eigenvalue weighted by Gasteiger charge is -2.13. The zero-order valence-electron chi connectivity index (χ0n) is 16.5. The van der Waals surface area contributed by atoms with Gasteiger partial charge in [-0.25, -0.2) is 4.98 Å². The smallest absolute Gasteiger partial charge is 0.270 e. The first-order valence-corrected chi connectivity index (χ1v) is 9.61. The van der Waals surface area contributed by atoms with Crippen molar-refractivity contribution < 1.29 is 9.66 Å². The molecule has 30 heavy (non-hydrogen) atoms. The number of H-pyrrole nitrogens is 1. The summed E-state index contributed by atoms with van der Waals surface area (Å²) in [5.74, 6) is 1.54. The Hall–Kier alpha value is -3.38. The maximum absolute atomic E-state index is 11.1. The molecule has 4 rings (SSSR count). The Morgan fingerprint density at radius 3 is 2.63 bits per heavy atom. The fourth-order valence-corrected chi connectivity index (χ4v) is 3.30. The summed E-state index contributed by atoms with van der Waals surface area (Å²) in [5.41, 5.74) is 2.71. The van der Waals surface area contributed by atoms with E-state index in [1.165, 1.54) is 6.07 Å². The Morgan fingerprint density at radius 1 is 1.07 bits per heavy atom. The van der Waals surface area contributed by atoms with Crippen molar-refractivity contribution in [2.45, 2.75) is 19.8 Å². The van der Waals surface area contributed by atoms with Crippen LogP contribution >= 0.6 is 12.4 Å². The van der Waals surface area contributed by atoms with Crippen molar-refractivity contribution in [1.29, 1.82) is 0 Å². The number of aromatic amines is 1. The summed E-state index contributed by atoms with van der Waals surface area (Å²) in [6, 6.07) is 16.8. The molecule has 0 atom stereocenters. The van der Waals surface area contributed by atoms with E-state index in [9.17, 15) is 10.1 Å². The number of unbranched alkanes of at least 4 members (excludes halogenated alkanes) is 1. The average molecular weight is 424 g/mol. The first kappa shape index (κ1) is 21.3. The van der Waals surface area contributed by atoms with Crippen LogP contribution in [-0.2, 0) is 0 Å². The van der Waals surface area contributed by atoms with E-state index in [1.54, 1.807) is 24.5 Å². The highest BCUT2D eigenvalue weighted by molar-refractivity contribution is 5.92. The minimum absolute atomic E-state index is 0. The maximum Gasteiger partial charge on any atom is 0.270 e. The van der Waals surface area contributed by atoms with Gasteiger partial charge in [-0.15, -0.1) is 12.4 Å². The van der Waals surface area contributed by atoms with Gasteiger partial charge in [-0.3, -0.25) is 10.1 Å². The third-order valence-corrected chi connectivity index (χ3v) is 4.84. The highest BCUT2D eigenvalue weighted by Gasteiger charge is 2.13. The third-order valence-electron chi connectivity index (χ3n) is 4.84. The first-order chi connectivity index (χ1) is 14.2. The molecule has 0 saturated heterocycles. The normalized spacial score (nSPS) is 10.6. The SMILES string of the molecule is CCCCOc1cc2ccc(-c3cccc([N+](=O)[O-])c3)cc2cc1-c1ncc[nH]1.Cl. The molecule has 0 fully saturated rings. The Morgan fingerprint density at radius 2 is 1.90 bits per heavy atom. The molecule has 0 aliphatic carbocycles. The number of hydrogen-bond acceptors (Lipinski definition) is 4. The number of benzene rings is 3. The number of nitro groups is 1. The van der Waals surface area contributed by atoms with Gasteiger partial charge in [-0.2, -0.15) is 0 Å². The molecule has 1 heterocycles. The fourth-order valence-electron chi connectivity index (χ4n) is 3.30. The van der Waals surface area contributed by atoms with E-state index >= 15 is 0 Å². The molecule has 1 N–H and O–H groups in total. The molecule has 0 aliphatic rings. The summed E-state index contributed by atoms with van der Waals surface area (Å²) in [6.45, 7) is 2.79. The second kappa shape index (κ2) is 9.41. The van der Waals surface area contributed by atoms with Crippen molar-refractivity contribution in [1.82, 2.24) is 9.97 Å². The molecule has 3 aromatic carbocycles. The van der Waals surface area contributed by atoms with Gasteiger partial charge >= 0.3 is 0 Å². The molecule has 154 valence electrons. The van der Waals surface area contributed by atoms with Crippen molar-refractivity contribution in [2.24, 2.45) is 0 Å². The number of ether oxygens (including phenoxy) is 1. The highest BCUT2D eigenvalue weighted by atomic mass is 35.5. The van der Waals surface area contributed by atoms with Gasteiger partial charge in [0.2, 0.25) is 0 Å². The lowest BCUT2D eigenvalue weighted by atomic mass is 9.99. The van der Waals surface area contributed by atoms with Gasteiger partial charge in [0.25, 0.3) is 5.69 Å². The van der Waals surface area contributed by atoms with Crippen LogP contribution in [0.25, 0.3) is 33.3 Å². The topological polar surface area (TPSA) is 81.1 Å². The van der Waals surface area contributed by atoms with Gasteiger partial charge in [0.1, 0.15) is 11.6 Å². The fraction of sp³-hybridized carbons (Fsp3) is 0.174.